The Balaban J connectivity index is 0.00000338. The normalized spacial score (nSPS) is 20.5. The van der Waals surface area contributed by atoms with Gasteiger partial charge in [0, 0.05) is 17.1 Å². The maximum Gasteiger partial charge on any atom is 0.227 e. The third kappa shape index (κ3) is 6.87. The van der Waals surface area contributed by atoms with E-state index in [0.717, 1.165) is 19.3 Å². The molecule has 0 bridgehead atoms. The molecule has 1 aliphatic rings. The Morgan fingerprint density at radius 1 is 1.27 bits per heavy atom. The predicted octanol–water partition coefficient (Wildman–Crippen LogP) is 2.64. The minimum absolute atomic E-state index is 0. The van der Waals surface area contributed by atoms with Crippen molar-refractivity contribution in [2.24, 2.45) is 17.6 Å². The van der Waals surface area contributed by atoms with Gasteiger partial charge in [-0.2, -0.15) is 0 Å². The number of sulfonamides is 1. The average Bonchev–Trinajstić information content (AvgIpc) is 2.92. The second-order valence-electron chi connectivity index (χ2n) is 7.83. The molecule has 0 radical (unpaired) electrons. The van der Waals surface area contributed by atoms with Crippen molar-refractivity contribution in [3.8, 4) is 0 Å². The van der Waals surface area contributed by atoms with Crippen LogP contribution in [0.5, 0.6) is 0 Å². The molecule has 1 aromatic carbocycles. The molecule has 26 heavy (non-hydrogen) atoms. The highest BCUT2D eigenvalue weighted by Gasteiger charge is 2.32. The molecule has 2 atom stereocenters. The molecule has 8 heteroatoms. The van der Waals surface area contributed by atoms with Crippen LogP contribution in [0.4, 0.5) is 5.69 Å². The number of rotatable bonds is 6. The Morgan fingerprint density at radius 3 is 2.58 bits per heavy atom. The van der Waals surface area contributed by atoms with Gasteiger partial charge in [0.2, 0.25) is 15.9 Å². The summed E-state index contributed by atoms with van der Waals surface area (Å²) >= 11 is 0. The molecule has 0 heterocycles. The second-order valence-corrected chi connectivity index (χ2v) is 9.56. The van der Waals surface area contributed by atoms with Crippen molar-refractivity contribution in [2.45, 2.75) is 51.3 Å². The maximum atomic E-state index is 12.5. The molecule has 0 saturated heterocycles. The largest absolute Gasteiger partial charge is 0.330 e. The molecule has 1 fully saturated rings. The third-order valence-electron chi connectivity index (χ3n) is 4.31. The van der Waals surface area contributed by atoms with Crippen LogP contribution in [0.25, 0.3) is 0 Å². The van der Waals surface area contributed by atoms with Gasteiger partial charge in [0.1, 0.15) is 0 Å². The van der Waals surface area contributed by atoms with Crippen molar-refractivity contribution in [2.75, 3.05) is 11.9 Å². The van der Waals surface area contributed by atoms with Gasteiger partial charge in [0.05, 0.1) is 5.75 Å². The van der Waals surface area contributed by atoms with E-state index >= 15 is 0 Å². The molecule has 2 rings (SSSR count). The monoisotopic (exact) mass is 403 g/mol. The fourth-order valence-corrected chi connectivity index (χ4v) is 4.98. The van der Waals surface area contributed by atoms with Crippen LogP contribution in [-0.2, 0) is 20.6 Å². The van der Waals surface area contributed by atoms with E-state index in [2.05, 4.69) is 10.0 Å². The first-order valence-corrected chi connectivity index (χ1v) is 10.4. The number of hydrogen-bond donors (Lipinski definition) is 3. The summed E-state index contributed by atoms with van der Waals surface area (Å²) in [5, 5.41) is 2.91. The van der Waals surface area contributed by atoms with Crippen molar-refractivity contribution < 1.29 is 13.2 Å². The lowest BCUT2D eigenvalue weighted by atomic mass is 9.95. The maximum absolute atomic E-state index is 12.5. The Morgan fingerprint density at radius 2 is 1.96 bits per heavy atom. The molecule has 1 aromatic rings. The molecular weight excluding hydrogens is 374 g/mol. The Kier molecular flexibility index (Phi) is 8.07. The molecule has 0 aromatic heterocycles. The highest BCUT2D eigenvalue weighted by molar-refractivity contribution is 7.88. The SMILES string of the molecule is CC(C)(C)NS(=O)(=O)Cc1cccc(NC(=O)[C@@H]2CCC[C@@H]2CN)c1.Cl. The topological polar surface area (TPSA) is 101 Å². The lowest BCUT2D eigenvalue weighted by Crippen LogP contribution is -2.41. The first-order chi connectivity index (χ1) is 11.6. The smallest absolute Gasteiger partial charge is 0.227 e. The molecule has 1 saturated carbocycles. The summed E-state index contributed by atoms with van der Waals surface area (Å²) in [6.45, 7) is 5.93. The molecule has 0 unspecified atom stereocenters. The quantitative estimate of drug-likeness (QED) is 0.679. The van der Waals surface area contributed by atoms with Crippen LogP contribution in [0.1, 0.15) is 45.6 Å². The molecule has 0 spiro atoms. The molecule has 148 valence electrons. The van der Waals surface area contributed by atoms with Gasteiger partial charge in [0.15, 0.2) is 0 Å². The summed E-state index contributed by atoms with van der Waals surface area (Å²) in [5.41, 5.74) is 6.48. The van der Waals surface area contributed by atoms with Gasteiger partial charge in [-0.1, -0.05) is 18.6 Å². The molecule has 1 aliphatic carbocycles. The molecular formula is C18H30ClN3O3S. The van der Waals surface area contributed by atoms with E-state index in [9.17, 15) is 13.2 Å². The minimum Gasteiger partial charge on any atom is -0.330 e. The number of halogens is 1. The zero-order chi connectivity index (χ0) is 18.7. The molecule has 1 amide bonds. The molecule has 4 N–H and O–H groups in total. The minimum atomic E-state index is -3.45. The highest BCUT2D eigenvalue weighted by atomic mass is 35.5. The zero-order valence-electron chi connectivity index (χ0n) is 15.6. The number of hydrogen-bond acceptors (Lipinski definition) is 4. The van der Waals surface area contributed by atoms with Crippen molar-refractivity contribution in [1.29, 1.82) is 0 Å². The summed E-state index contributed by atoms with van der Waals surface area (Å²) in [6.07, 6.45) is 2.87. The van der Waals surface area contributed by atoms with E-state index in [0.29, 0.717) is 17.8 Å². The summed E-state index contributed by atoms with van der Waals surface area (Å²) in [5.74, 6) is 0.0308. The second kappa shape index (κ2) is 9.17. The average molecular weight is 404 g/mol. The van der Waals surface area contributed by atoms with E-state index in [1.165, 1.54) is 0 Å². The number of nitrogens with one attached hydrogen (secondary N) is 2. The fraction of sp³-hybridized carbons (Fsp3) is 0.611. The Bertz CT molecular complexity index is 717. The van der Waals surface area contributed by atoms with Gasteiger partial charge in [0.25, 0.3) is 0 Å². The number of carbonyl (C=O) groups excluding carboxylic acids is 1. The van der Waals surface area contributed by atoms with E-state index < -0.39 is 15.6 Å². The van der Waals surface area contributed by atoms with Gasteiger partial charge in [-0.3, -0.25) is 4.79 Å². The van der Waals surface area contributed by atoms with E-state index in [1.54, 1.807) is 45.0 Å². The van der Waals surface area contributed by atoms with Crippen LogP contribution >= 0.6 is 12.4 Å². The number of benzene rings is 1. The molecule has 0 aliphatic heterocycles. The third-order valence-corrected chi connectivity index (χ3v) is 5.95. The number of anilines is 1. The van der Waals surface area contributed by atoms with Crippen LogP contribution in [0.15, 0.2) is 24.3 Å². The van der Waals surface area contributed by atoms with Crippen LogP contribution in [-0.4, -0.2) is 26.4 Å². The summed E-state index contributed by atoms with van der Waals surface area (Å²) in [7, 11) is -3.45. The van der Waals surface area contributed by atoms with E-state index in [4.69, 9.17) is 5.73 Å². The summed E-state index contributed by atoms with van der Waals surface area (Å²) in [6, 6.07) is 6.99. The Hall–Kier alpha value is -1.15. The van der Waals surface area contributed by atoms with Crippen LogP contribution < -0.4 is 15.8 Å². The van der Waals surface area contributed by atoms with Gasteiger partial charge in [-0.15, -0.1) is 12.4 Å². The lowest BCUT2D eigenvalue weighted by molar-refractivity contribution is -0.120. The number of amides is 1. The van der Waals surface area contributed by atoms with Gasteiger partial charge in [-0.05, 0) is 63.8 Å². The van der Waals surface area contributed by atoms with Gasteiger partial charge in [-0.25, -0.2) is 13.1 Å². The summed E-state index contributed by atoms with van der Waals surface area (Å²) < 4.78 is 27.1. The fourth-order valence-electron chi connectivity index (χ4n) is 3.36. The first kappa shape index (κ1) is 22.9. The number of nitrogens with two attached hydrogens (primary N) is 1. The van der Waals surface area contributed by atoms with Gasteiger partial charge < -0.3 is 11.1 Å². The van der Waals surface area contributed by atoms with Crippen molar-refractivity contribution in [3.63, 3.8) is 0 Å². The zero-order valence-corrected chi connectivity index (χ0v) is 17.3. The lowest BCUT2D eigenvalue weighted by Gasteiger charge is -2.20. The van der Waals surface area contributed by atoms with Crippen molar-refractivity contribution >= 4 is 34.0 Å². The van der Waals surface area contributed by atoms with Crippen LogP contribution in [0.2, 0.25) is 0 Å². The highest BCUT2D eigenvalue weighted by Crippen LogP contribution is 2.32. The first-order valence-electron chi connectivity index (χ1n) is 8.71. The standard InChI is InChI=1S/C18H29N3O3S.ClH/c1-18(2,3)21-25(23,24)12-13-6-4-8-15(10-13)20-17(22)16-9-5-7-14(16)11-19;/h4,6,8,10,14,16,21H,5,7,9,11-12,19H2,1-3H3,(H,20,22);1H/t14-,16-;/m1./s1. The predicted molar refractivity (Wildman–Crippen MR) is 108 cm³/mol. The van der Waals surface area contributed by atoms with Crippen molar-refractivity contribution in [3.05, 3.63) is 29.8 Å². The van der Waals surface area contributed by atoms with E-state index in [1.807, 2.05) is 0 Å². The van der Waals surface area contributed by atoms with Gasteiger partial charge >= 0.3 is 0 Å². The van der Waals surface area contributed by atoms with Crippen LogP contribution in [0, 0.1) is 11.8 Å². The summed E-state index contributed by atoms with van der Waals surface area (Å²) in [4.78, 5) is 12.5. The Labute approximate surface area is 162 Å². The van der Waals surface area contributed by atoms with E-state index in [-0.39, 0.29) is 35.9 Å². The van der Waals surface area contributed by atoms with Crippen LogP contribution in [0.3, 0.4) is 0 Å². The van der Waals surface area contributed by atoms with Crippen molar-refractivity contribution in [1.82, 2.24) is 4.72 Å². The number of carbonyl (C=O) groups is 1. The molecule has 6 nitrogen and oxygen atoms in total.